The van der Waals surface area contributed by atoms with Gasteiger partial charge >= 0.3 is 0 Å². The zero-order chi connectivity index (χ0) is 11.0. The highest BCUT2D eigenvalue weighted by atomic mass is 16.1. The van der Waals surface area contributed by atoms with E-state index in [1.165, 1.54) is 49.8 Å². The topological polar surface area (TPSA) is 34.9 Å². The second-order valence-electron chi connectivity index (χ2n) is 5.02. The van der Waals surface area contributed by atoms with E-state index in [4.69, 9.17) is 0 Å². The average molecular weight is 218 g/mol. The predicted molar refractivity (Wildman–Crippen MR) is 61.8 cm³/mol. The molecule has 86 valence electrons. The van der Waals surface area contributed by atoms with Crippen LogP contribution in [0.3, 0.4) is 0 Å². The number of aromatic nitrogens is 2. The van der Waals surface area contributed by atoms with E-state index in [-0.39, 0.29) is 0 Å². The van der Waals surface area contributed by atoms with E-state index in [0.29, 0.717) is 11.7 Å². The molecule has 0 spiro atoms. The van der Waals surface area contributed by atoms with Crippen LogP contribution in [0.5, 0.6) is 0 Å². The molecule has 3 nitrogen and oxygen atoms in total. The predicted octanol–water partition coefficient (Wildman–Crippen LogP) is 2.69. The zero-order valence-electron chi connectivity index (χ0n) is 9.61. The van der Waals surface area contributed by atoms with Gasteiger partial charge in [0.1, 0.15) is 5.69 Å². The summed E-state index contributed by atoms with van der Waals surface area (Å²) in [4.78, 5) is 11.0. The lowest BCUT2D eigenvalue weighted by atomic mass is 9.95. The number of hydrogen-bond donors (Lipinski definition) is 0. The van der Waals surface area contributed by atoms with E-state index in [1.54, 1.807) is 0 Å². The molecule has 1 heterocycles. The number of fused-ring (bicyclic) bond motifs is 1. The summed E-state index contributed by atoms with van der Waals surface area (Å²) in [7, 11) is 0. The molecule has 0 radical (unpaired) electrons. The van der Waals surface area contributed by atoms with Gasteiger partial charge in [-0.1, -0.05) is 12.8 Å². The summed E-state index contributed by atoms with van der Waals surface area (Å²) in [6, 6.07) is 0.570. The van der Waals surface area contributed by atoms with E-state index in [2.05, 4.69) is 9.78 Å². The molecule has 1 fully saturated rings. The second-order valence-corrected chi connectivity index (χ2v) is 5.02. The fourth-order valence-electron chi connectivity index (χ4n) is 3.20. The maximum absolute atomic E-state index is 11.0. The largest absolute Gasteiger partial charge is 0.296 e. The summed E-state index contributed by atoms with van der Waals surface area (Å²) in [5.74, 6) is 0. The van der Waals surface area contributed by atoms with E-state index in [0.717, 1.165) is 19.1 Å². The molecular formula is C13H18N2O. The highest BCUT2D eigenvalue weighted by Crippen LogP contribution is 2.33. The maximum atomic E-state index is 11.0. The molecular weight excluding hydrogens is 200 g/mol. The lowest BCUT2D eigenvalue weighted by Gasteiger charge is -2.17. The van der Waals surface area contributed by atoms with Crippen LogP contribution in [0, 0.1) is 0 Å². The number of carbonyl (C=O) groups excluding carboxylic acids is 1. The average Bonchev–Trinajstić information content (AvgIpc) is 2.95. The quantitative estimate of drug-likeness (QED) is 0.715. The molecule has 1 aromatic heterocycles. The van der Waals surface area contributed by atoms with Crippen LogP contribution in [0.25, 0.3) is 0 Å². The molecule has 0 bridgehead atoms. The molecule has 0 atom stereocenters. The maximum Gasteiger partial charge on any atom is 0.170 e. The smallest absolute Gasteiger partial charge is 0.170 e. The third-order valence-corrected chi connectivity index (χ3v) is 4.02. The summed E-state index contributed by atoms with van der Waals surface area (Å²) >= 11 is 0. The SMILES string of the molecule is O=Cc1nn(C2CCCC2)c2c1CCCC2. The standard InChI is InChI=1S/C13H18N2O/c16-9-12-11-7-3-4-8-13(11)15(14-12)10-5-1-2-6-10/h9-10H,1-8H2. The molecule has 3 heteroatoms. The number of rotatable bonds is 2. The van der Waals surface area contributed by atoms with Gasteiger partial charge in [0.25, 0.3) is 0 Å². The van der Waals surface area contributed by atoms with Crippen LogP contribution in [-0.4, -0.2) is 16.1 Å². The van der Waals surface area contributed by atoms with Gasteiger partial charge in [0, 0.05) is 11.3 Å². The van der Waals surface area contributed by atoms with Gasteiger partial charge in [-0.05, 0) is 38.5 Å². The normalized spacial score (nSPS) is 21.0. The van der Waals surface area contributed by atoms with Crippen molar-refractivity contribution in [3.8, 4) is 0 Å². The van der Waals surface area contributed by atoms with Crippen molar-refractivity contribution in [1.82, 2.24) is 9.78 Å². The molecule has 0 aliphatic heterocycles. The molecule has 0 unspecified atom stereocenters. The summed E-state index contributed by atoms with van der Waals surface area (Å²) in [5.41, 5.74) is 3.31. The van der Waals surface area contributed by atoms with Crippen LogP contribution >= 0.6 is 0 Å². The summed E-state index contributed by atoms with van der Waals surface area (Å²) in [6.45, 7) is 0. The molecule has 1 aromatic rings. The Kier molecular flexibility index (Phi) is 2.54. The van der Waals surface area contributed by atoms with E-state index >= 15 is 0 Å². The van der Waals surface area contributed by atoms with Crippen LogP contribution in [0.2, 0.25) is 0 Å². The number of aldehydes is 1. The molecule has 0 amide bonds. The Morgan fingerprint density at radius 3 is 2.62 bits per heavy atom. The van der Waals surface area contributed by atoms with Crippen molar-refractivity contribution in [3.05, 3.63) is 17.0 Å². The Bertz CT molecular complexity index is 402. The van der Waals surface area contributed by atoms with Crippen molar-refractivity contribution < 1.29 is 4.79 Å². The van der Waals surface area contributed by atoms with Crippen LogP contribution in [0.4, 0.5) is 0 Å². The minimum atomic E-state index is 0.570. The first-order valence-corrected chi connectivity index (χ1v) is 6.45. The van der Waals surface area contributed by atoms with Gasteiger partial charge in [0.05, 0.1) is 6.04 Å². The van der Waals surface area contributed by atoms with Crippen LogP contribution in [0.1, 0.15) is 66.3 Å². The zero-order valence-corrected chi connectivity index (χ0v) is 9.61. The van der Waals surface area contributed by atoms with Gasteiger partial charge in [0.15, 0.2) is 6.29 Å². The van der Waals surface area contributed by atoms with Gasteiger partial charge in [-0.15, -0.1) is 0 Å². The lowest BCUT2D eigenvalue weighted by Crippen LogP contribution is -2.13. The van der Waals surface area contributed by atoms with Crippen molar-refractivity contribution in [2.24, 2.45) is 0 Å². The van der Waals surface area contributed by atoms with E-state index in [1.807, 2.05) is 0 Å². The number of hydrogen-bond acceptors (Lipinski definition) is 2. The van der Waals surface area contributed by atoms with E-state index < -0.39 is 0 Å². The molecule has 16 heavy (non-hydrogen) atoms. The Hall–Kier alpha value is -1.12. The summed E-state index contributed by atoms with van der Waals surface area (Å²) in [5, 5.41) is 4.54. The second kappa shape index (κ2) is 4.04. The monoisotopic (exact) mass is 218 g/mol. The molecule has 1 saturated carbocycles. The van der Waals surface area contributed by atoms with Gasteiger partial charge in [-0.3, -0.25) is 9.48 Å². The Morgan fingerprint density at radius 2 is 1.88 bits per heavy atom. The Morgan fingerprint density at radius 1 is 1.12 bits per heavy atom. The molecule has 2 aliphatic carbocycles. The first-order valence-electron chi connectivity index (χ1n) is 6.45. The molecule has 0 aromatic carbocycles. The highest BCUT2D eigenvalue weighted by molar-refractivity contribution is 5.75. The third kappa shape index (κ3) is 1.49. The van der Waals surface area contributed by atoms with Gasteiger partial charge in [0.2, 0.25) is 0 Å². The fraction of sp³-hybridized carbons (Fsp3) is 0.692. The Labute approximate surface area is 95.8 Å². The highest BCUT2D eigenvalue weighted by Gasteiger charge is 2.26. The summed E-state index contributed by atoms with van der Waals surface area (Å²) < 4.78 is 2.19. The fourth-order valence-corrected chi connectivity index (χ4v) is 3.20. The summed E-state index contributed by atoms with van der Waals surface area (Å²) in [6.07, 6.45) is 10.7. The molecule has 0 saturated heterocycles. The van der Waals surface area contributed by atoms with Crippen LogP contribution in [-0.2, 0) is 12.8 Å². The van der Waals surface area contributed by atoms with Gasteiger partial charge < -0.3 is 0 Å². The number of carbonyl (C=O) groups is 1. The van der Waals surface area contributed by atoms with Gasteiger partial charge in [-0.2, -0.15) is 5.10 Å². The minimum Gasteiger partial charge on any atom is -0.296 e. The van der Waals surface area contributed by atoms with Crippen molar-refractivity contribution in [3.63, 3.8) is 0 Å². The van der Waals surface area contributed by atoms with Crippen LogP contribution < -0.4 is 0 Å². The van der Waals surface area contributed by atoms with Crippen LogP contribution in [0.15, 0.2) is 0 Å². The molecule has 3 rings (SSSR count). The number of nitrogens with zero attached hydrogens (tertiary/aromatic N) is 2. The molecule has 0 N–H and O–H groups in total. The van der Waals surface area contributed by atoms with Crippen molar-refractivity contribution in [2.75, 3.05) is 0 Å². The third-order valence-electron chi connectivity index (χ3n) is 4.02. The van der Waals surface area contributed by atoms with Crippen molar-refractivity contribution in [1.29, 1.82) is 0 Å². The van der Waals surface area contributed by atoms with E-state index in [9.17, 15) is 4.79 Å². The first kappa shape index (κ1) is 10.1. The molecule has 2 aliphatic rings. The van der Waals surface area contributed by atoms with Crippen molar-refractivity contribution in [2.45, 2.75) is 57.4 Å². The first-order chi connectivity index (χ1) is 7.90. The Balaban J connectivity index is 2.03. The van der Waals surface area contributed by atoms with Crippen molar-refractivity contribution >= 4 is 6.29 Å². The van der Waals surface area contributed by atoms with Gasteiger partial charge in [-0.25, -0.2) is 0 Å². The lowest BCUT2D eigenvalue weighted by molar-refractivity contribution is 0.111. The minimum absolute atomic E-state index is 0.570.